The molecular weight excluding hydrogens is 339 g/mol. The molecule has 0 saturated carbocycles. The van der Waals surface area contributed by atoms with Crippen LogP contribution in [-0.2, 0) is 21.7 Å². The third-order valence-electron chi connectivity index (χ3n) is 2.71. The first-order chi connectivity index (χ1) is 8.29. The van der Waals surface area contributed by atoms with Crippen molar-refractivity contribution in [2.24, 2.45) is 5.41 Å². The molecule has 4 heteroatoms. The predicted molar refractivity (Wildman–Crippen MR) is 92.0 cm³/mol. The van der Waals surface area contributed by atoms with E-state index in [1.807, 2.05) is 19.9 Å². The van der Waals surface area contributed by atoms with Gasteiger partial charge in [0.1, 0.15) is 5.75 Å². The number of aryl methyl sites for hydroxylation is 2. The van der Waals surface area contributed by atoms with Crippen LogP contribution in [-0.4, -0.2) is 5.11 Å². The molecule has 0 bridgehead atoms. The van der Waals surface area contributed by atoms with E-state index in [2.05, 4.69) is 39.0 Å². The maximum atomic E-state index is 8.99. The molecule has 21 heavy (non-hydrogen) atoms. The molecule has 1 aliphatic carbocycles. The van der Waals surface area contributed by atoms with E-state index in [0.29, 0.717) is 11.2 Å². The van der Waals surface area contributed by atoms with Crippen LogP contribution in [0, 0.1) is 25.3 Å². The largest absolute Gasteiger partial charge is 0.508 e. The zero-order valence-electron chi connectivity index (χ0n) is 13.4. The number of rotatable bonds is 0. The molecule has 0 amide bonds. The molecule has 0 atom stereocenters. The van der Waals surface area contributed by atoms with E-state index in [0.717, 1.165) is 17.5 Å². The van der Waals surface area contributed by atoms with E-state index >= 15 is 0 Å². The van der Waals surface area contributed by atoms with Gasteiger partial charge in [-0.05, 0) is 42.5 Å². The minimum atomic E-state index is 0. The molecule has 1 aromatic rings. The molecule has 1 nitrogen and oxygen atoms in total. The number of allylic oxidation sites excluding steroid dienone is 4. The molecule has 0 heterocycles. The number of benzene rings is 1. The molecule has 0 spiro atoms. The first kappa shape index (κ1) is 25.7. The van der Waals surface area contributed by atoms with Gasteiger partial charge < -0.3 is 5.11 Å². The van der Waals surface area contributed by atoms with Crippen LogP contribution in [0.5, 0.6) is 5.75 Å². The van der Waals surface area contributed by atoms with Crippen LogP contribution >= 0.6 is 24.8 Å². The van der Waals surface area contributed by atoms with E-state index in [1.165, 1.54) is 5.57 Å². The molecular formula is C17H25Cl2OTi-. The maximum Gasteiger partial charge on any atom is 0.116 e. The molecule has 2 rings (SSSR count). The number of phenols is 1. The Kier molecular flexibility index (Phi) is 13.9. The van der Waals surface area contributed by atoms with Gasteiger partial charge in [-0.25, -0.2) is 11.6 Å². The summed E-state index contributed by atoms with van der Waals surface area (Å²) in [5, 5.41) is 8.99. The topological polar surface area (TPSA) is 20.2 Å². The maximum absolute atomic E-state index is 8.99. The zero-order chi connectivity index (χ0) is 13.8. The molecule has 0 aliphatic heterocycles. The first-order valence-corrected chi connectivity index (χ1v) is 6.34. The second-order valence-corrected chi connectivity index (χ2v) is 5.79. The molecule has 0 unspecified atom stereocenters. The number of halogens is 2. The van der Waals surface area contributed by atoms with Crippen molar-refractivity contribution in [3.8, 4) is 5.75 Å². The normalized spacial score (nSPS) is 12.0. The summed E-state index contributed by atoms with van der Waals surface area (Å²) in [6, 6.07) is 5.51. The Morgan fingerprint density at radius 2 is 1.48 bits per heavy atom. The van der Waals surface area contributed by atoms with E-state index in [1.54, 1.807) is 12.1 Å². The number of aromatic hydroxyl groups is 1. The van der Waals surface area contributed by atoms with Gasteiger partial charge in [0, 0.05) is 21.7 Å². The summed E-state index contributed by atoms with van der Waals surface area (Å²) < 4.78 is 0. The van der Waals surface area contributed by atoms with Crippen molar-refractivity contribution in [2.75, 3.05) is 0 Å². The van der Waals surface area contributed by atoms with Crippen LogP contribution < -0.4 is 0 Å². The first-order valence-electron chi connectivity index (χ1n) is 6.34. The summed E-state index contributed by atoms with van der Waals surface area (Å²) in [7, 11) is 0. The SMILES string of the molecule is CC(C)(C)C1=[C-]CC=C1.Cc1cc(C)cc(O)c1.Cl.Cl.[Ti]. The minimum Gasteiger partial charge on any atom is -0.508 e. The molecule has 0 fully saturated rings. The smallest absolute Gasteiger partial charge is 0.116 e. The number of hydrogen-bond donors (Lipinski definition) is 1. The van der Waals surface area contributed by atoms with Gasteiger partial charge in [0.15, 0.2) is 0 Å². The van der Waals surface area contributed by atoms with Gasteiger partial charge in [-0.3, -0.25) is 6.08 Å². The van der Waals surface area contributed by atoms with Gasteiger partial charge >= 0.3 is 0 Å². The van der Waals surface area contributed by atoms with E-state index in [4.69, 9.17) is 5.11 Å². The van der Waals surface area contributed by atoms with Crippen molar-refractivity contribution in [1.29, 1.82) is 0 Å². The summed E-state index contributed by atoms with van der Waals surface area (Å²) in [4.78, 5) is 0. The van der Waals surface area contributed by atoms with Crippen LogP contribution in [0.2, 0.25) is 0 Å². The van der Waals surface area contributed by atoms with Gasteiger partial charge in [0.05, 0.1) is 0 Å². The fraction of sp³-hybridized carbons (Fsp3) is 0.412. The van der Waals surface area contributed by atoms with Gasteiger partial charge in [-0.1, -0.05) is 26.8 Å². The fourth-order valence-electron chi connectivity index (χ4n) is 1.87. The van der Waals surface area contributed by atoms with Gasteiger partial charge in [0.2, 0.25) is 0 Å². The Balaban J connectivity index is -0.000000270. The van der Waals surface area contributed by atoms with Crippen molar-refractivity contribution < 1.29 is 26.8 Å². The van der Waals surface area contributed by atoms with E-state index in [-0.39, 0.29) is 46.5 Å². The molecule has 1 aromatic carbocycles. The molecule has 0 aromatic heterocycles. The van der Waals surface area contributed by atoms with Crippen LogP contribution in [0.25, 0.3) is 0 Å². The average molecular weight is 364 g/mol. The Bertz CT molecular complexity index is 424. The monoisotopic (exact) mass is 363 g/mol. The van der Waals surface area contributed by atoms with Crippen molar-refractivity contribution in [1.82, 2.24) is 0 Å². The second-order valence-electron chi connectivity index (χ2n) is 5.79. The molecule has 0 radical (unpaired) electrons. The van der Waals surface area contributed by atoms with Crippen LogP contribution in [0.4, 0.5) is 0 Å². The number of hydrogen-bond acceptors (Lipinski definition) is 1. The zero-order valence-corrected chi connectivity index (χ0v) is 16.6. The van der Waals surface area contributed by atoms with Crippen molar-refractivity contribution in [3.63, 3.8) is 0 Å². The van der Waals surface area contributed by atoms with Crippen molar-refractivity contribution >= 4 is 24.8 Å². The minimum absolute atomic E-state index is 0. The van der Waals surface area contributed by atoms with Gasteiger partial charge in [0.25, 0.3) is 0 Å². The summed E-state index contributed by atoms with van der Waals surface area (Å²) in [6.45, 7) is 10.6. The summed E-state index contributed by atoms with van der Waals surface area (Å²) in [6.07, 6.45) is 8.63. The second kappa shape index (κ2) is 11.4. The summed E-state index contributed by atoms with van der Waals surface area (Å²) >= 11 is 0. The van der Waals surface area contributed by atoms with Crippen LogP contribution in [0.1, 0.15) is 38.3 Å². The Morgan fingerprint density at radius 3 is 1.71 bits per heavy atom. The van der Waals surface area contributed by atoms with E-state index in [9.17, 15) is 0 Å². The van der Waals surface area contributed by atoms with E-state index < -0.39 is 0 Å². The number of phenolic OH excluding ortho intramolecular Hbond substituents is 1. The van der Waals surface area contributed by atoms with Crippen LogP contribution in [0.15, 0.2) is 35.9 Å². The Morgan fingerprint density at radius 1 is 1.00 bits per heavy atom. The standard InChI is InChI=1S/C9H13.C8H10O.2ClH.Ti/c1-9(2,3)8-6-4-5-7-8;1-6-3-7(2)5-8(9)4-6;;;/h4,6H,5H2,1-3H3;3-5,9H,1-2H3;2*1H;/q-1;;;;. The molecule has 118 valence electrons. The van der Waals surface area contributed by atoms with Crippen molar-refractivity contribution in [3.05, 3.63) is 53.1 Å². The summed E-state index contributed by atoms with van der Waals surface area (Å²) in [5.41, 5.74) is 3.86. The Labute approximate surface area is 156 Å². The summed E-state index contributed by atoms with van der Waals surface area (Å²) in [5.74, 6) is 0.354. The molecule has 1 N–H and O–H groups in total. The van der Waals surface area contributed by atoms with Crippen molar-refractivity contribution in [2.45, 2.75) is 41.0 Å². The third-order valence-corrected chi connectivity index (χ3v) is 2.71. The third kappa shape index (κ3) is 10.2. The van der Waals surface area contributed by atoms with Crippen LogP contribution in [0.3, 0.4) is 0 Å². The fourth-order valence-corrected chi connectivity index (χ4v) is 1.87. The van der Waals surface area contributed by atoms with Gasteiger partial charge in [-0.15, -0.1) is 31.2 Å². The molecule has 0 saturated heterocycles. The quantitative estimate of drug-likeness (QED) is 0.471. The molecule has 1 aliphatic rings. The Hall–Kier alpha value is -0.206. The predicted octanol–water partition coefficient (Wildman–Crippen LogP) is 5.57. The average Bonchev–Trinajstić information content (AvgIpc) is 2.66. The van der Waals surface area contributed by atoms with Gasteiger partial charge in [-0.2, -0.15) is 6.08 Å².